The number of phosphoric ester groups is 1. The van der Waals surface area contributed by atoms with Crippen LogP contribution in [0.25, 0.3) is 0 Å². The summed E-state index contributed by atoms with van der Waals surface area (Å²) >= 11 is 0. The number of rotatable bonds is 38. The Morgan fingerprint density at radius 1 is 0.460 bits per heavy atom. The van der Waals surface area contributed by atoms with Crippen molar-refractivity contribution in [2.24, 2.45) is 11.8 Å². The summed E-state index contributed by atoms with van der Waals surface area (Å²) in [5, 5.41) is 0. The van der Waals surface area contributed by atoms with Crippen LogP contribution in [0, 0.1) is 11.8 Å². The predicted molar refractivity (Wildman–Crippen MR) is 207 cm³/mol. The molecule has 0 bridgehead atoms. The summed E-state index contributed by atoms with van der Waals surface area (Å²) in [6, 6.07) is 0. The van der Waals surface area contributed by atoms with Gasteiger partial charge in [-0.2, -0.15) is 0 Å². The maximum Gasteiger partial charge on any atom is 0.469 e. The fraction of sp³-hybridized carbons (Fsp3) is 0.951. The molecular weight excluding hydrogens is 651 g/mol. The van der Waals surface area contributed by atoms with E-state index in [0.717, 1.165) is 50.4 Å². The van der Waals surface area contributed by atoms with Gasteiger partial charge in [0.15, 0.2) is 6.10 Å². The van der Waals surface area contributed by atoms with Crippen LogP contribution in [0.15, 0.2) is 0 Å². The average Bonchev–Trinajstić information content (AvgIpc) is 3.05. The van der Waals surface area contributed by atoms with Gasteiger partial charge >= 0.3 is 19.8 Å². The fourth-order valence-corrected chi connectivity index (χ4v) is 6.69. The lowest BCUT2D eigenvalue weighted by Gasteiger charge is -2.18. The van der Waals surface area contributed by atoms with Gasteiger partial charge in [0.2, 0.25) is 0 Å². The second-order valence-corrected chi connectivity index (χ2v) is 16.9. The van der Waals surface area contributed by atoms with Crippen molar-refractivity contribution in [1.29, 1.82) is 0 Å². The topological polar surface area (TPSA) is 119 Å². The Kier molecular flexibility index (Phi) is 34.4. The highest BCUT2D eigenvalue weighted by Gasteiger charge is 2.23. The Balaban J connectivity index is 3.87. The third-order valence-corrected chi connectivity index (χ3v) is 9.97. The summed E-state index contributed by atoms with van der Waals surface area (Å²) in [5.41, 5.74) is 0. The highest BCUT2D eigenvalue weighted by molar-refractivity contribution is 7.46. The minimum absolute atomic E-state index is 0.218. The zero-order valence-electron chi connectivity index (χ0n) is 33.2. The highest BCUT2D eigenvalue weighted by atomic mass is 31.2. The summed E-state index contributed by atoms with van der Waals surface area (Å²) in [7, 11) is -4.75. The Morgan fingerprint density at radius 3 is 1.08 bits per heavy atom. The molecule has 9 heteroatoms. The van der Waals surface area contributed by atoms with Crippen molar-refractivity contribution < 1.29 is 37.9 Å². The molecule has 0 saturated heterocycles. The van der Waals surface area contributed by atoms with E-state index in [-0.39, 0.29) is 19.4 Å². The quantitative estimate of drug-likeness (QED) is 0.0366. The summed E-state index contributed by atoms with van der Waals surface area (Å²) in [4.78, 5) is 42.8. The van der Waals surface area contributed by atoms with Gasteiger partial charge in [0.25, 0.3) is 0 Å². The van der Waals surface area contributed by atoms with Crippen molar-refractivity contribution in [1.82, 2.24) is 0 Å². The zero-order chi connectivity index (χ0) is 37.1. The fourth-order valence-electron chi connectivity index (χ4n) is 6.33. The number of ether oxygens (including phenoxy) is 2. The van der Waals surface area contributed by atoms with Gasteiger partial charge in [0.05, 0.1) is 6.61 Å². The molecule has 0 fully saturated rings. The molecule has 0 aliphatic heterocycles. The number of phosphoric acid groups is 1. The largest absolute Gasteiger partial charge is 0.469 e. The molecule has 0 rings (SSSR count). The molecule has 1 atom stereocenters. The normalized spacial score (nSPS) is 12.6. The molecule has 0 aliphatic rings. The number of esters is 2. The van der Waals surface area contributed by atoms with E-state index in [1.807, 2.05) is 0 Å². The van der Waals surface area contributed by atoms with E-state index in [1.54, 1.807) is 0 Å². The highest BCUT2D eigenvalue weighted by Crippen LogP contribution is 2.36. The van der Waals surface area contributed by atoms with Crippen molar-refractivity contribution in [3.8, 4) is 0 Å². The molecule has 298 valence electrons. The number of carbonyl (C=O) groups is 2. The van der Waals surface area contributed by atoms with Crippen LogP contribution in [0.5, 0.6) is 0 Å². The van der Waals surface area contributed by atoms with Gasteiger partial charge in [0.1, 0.15) is 6.61 Å². The van der Waals surface area contributed by atoms with Crippen LogP contribution >= 0.6 is 7.82 Å². The Morgan fingerprint density at radius 2 is 0.760 bits per heavy atom. The minimum Gasteiger partial charge on any atom is -0.462 e. The molecule has 0 heterocycles. The lowest BCUT2D eigenvalue weighted by Crippen LogP contribution is -2.29. The number of unbranched alkanes of at least 4 members (excludes halogenated alkanes) is 24. The van der Waals surface area contributed by atoms with Crippen molar-refractivity contribution in [3.05, 3.63) is 0 Å². The Bertz CT molecular complexity index is 812. The molecule has 0 aromatic carbocycles. The first kappa shape index (κ1) is 49.0. The van der Waals surface area contributed by atoms with Crippen LogP contribution in [0.1, 0.15) is 220 Å². The van der Waals surface area contributed by atoms with E-state index in [1.165, 1.54) is 135 Å². The van der Waals surface area contributed by atoms with Crippen LogP contribution in [-0.4, -0.2) is 41.0 Å². The second kappa shape index (κ2) is 35.1. The molecule has 8 nitrogen and oxygen atoms in total. The number of hydrogen-bond donors (Lipinski definition) is 2. The van der Waals surface area contributed by atoms with Gasteiger partial charge in [-0.1, -0.05) is 195 Å². The van der Waals surface area contributed by atoms with Crippen LogP contribution < -0.4 is 0 Å². The third kappa shape index (κ3) is 39.8. The molecule has 0 aliphatic carbocycles. The minimum atomic E-state index is -4.75. The van der Waals surface area contributed by atoms with Gasteiger partial charge in [-0.3, -0.25) is 14.1 Å². The van der Waals surface area contributed by atoms with Crippen molar-refractivity contribution in [2.75, 3.05) is 13.2 Å². The number of hydrogen-bond acceptors (Lipinski definition) is 6. The van der Waals surface area contributed by atoms with Crippen LogP contribution in [0.4, 0.5) is 0 Å². The summed E-state index contributed by atoms with van der Waals surface area (Å²) in [6.45, 7) is 8.38. The van der Waals surface area contributed by atoms with Crippen molar-refractivity contribution in [2.45, 2.75) is 226 Å². The van der Waals surface area contributed by atoms with Crippen LogP contribution in [-0.2, 0) is 28.2 Å². The molecule has 0 aromatic rings. The lowest BCUT2D eigenvalue weighted by atomic mass is 10.0. The van der Waals surface area contributed by atoms with E-state index in [4.69, 9.17) is 19.3 Å². The van der Waals surface area contributed by atoms with E-state index in [2.05, 4.69) is 32.2 Å². The first-order valence-electron chi connectivity index (χ1n) is 21.0. The van der Waals surface area contributed by atoms with E-state index in [9.17, 15) is 14.2 Å². The zero-order valence-corrected chi connectivity index (χ0v) is 34.0. The van der Waals surface area contributed by atoms with Gasteiger partial charge in [-0.25, -0.2) is 4.57 Å². The molecule has 50 heavy (non-hydrogen) atoms. The standard InChI is InChI=1S/C41H81O8P/c1-37(2)31-27-23-19-15-11-7-5-6-8-13-17-21-25-29-33-40(42)47-35-39(36-48-50(44,45)46)49-41(43)34-30-26-22-18-14-10-9-12-16-20-24-28-32-38(3)4/h37-39H,5-36H2,1-4H3,(H2,44,45,46)/t39-/m1/s1. The van der Waals surface area contributed by atoms with Crippen LogP contribution in [0.3, 0.4) is 0 Å². The molecule has 0 unspecified atom stereocenters. The van der Waals surface area contributed by atoms with Crippen molar-refractivity contribution in [3.63, 3.8) is 0 Å². The third-order valence-electron chi connectivity index (χ3n) is 9.48. The monoisotopic (exact) mass is 733 g/mol. The summed E-state index contributed by atoms with van der Waals surface area (Å²) < 4.78 is 26.4. The summed E-state index contributed by atoms with van der Waals surface area (Å²) in [5.74, 6) is 0.779. The molecule has 2 N–H and O–H groups in total. The molecule has 0 amide bonds. The van der Waals surface area contributed by atoms with E-state index in [0.29, 0.717) is 6.42 Å². The molecule has 0 saturated carbocycles. The maximum absolute atomic E-state index is 12.4. The van der Waals surface area contributed by atoms with Gasteiger partial charge < -0.3 is 19.3 Å². The van der Waals surface area contributed by atoms with Crippen molar-refractivity contribution >= 4 is 19.8 Å². The van der Waals surface area contributed by atoms with Gasteiger partial charge in [0, 0.05) is 12.8 Å². The predicted octanol–water partition coefficient (Wildman–Crippen LogP) is 12.6. The first-order valence-corrected chi connectivity index (χ1v) is 22.6. The smallest absolute Gasteiger partial charge is 0.462 e. The van der Waals surface area contributed by atoms with Gasteiger partial charge in [-0.15, -0.1) is 0 Å². The second-order valence-electron chi connectivity index (χ2n) is 15.6. The summed E-state index contributed by atoms with van der Waals surface area (Å²) in [6.07, 6.45) is 34.0. The Labute approximate surface area is 308 Å². The molecular formula is C41H81O8P. The average molecular weight is 733 g/mol. The van der Waals surface area contributed by atoms with E-state index < -0.39 is 32.5 Å². The van der Waals surface area contributed by atoms with E-state index >= 15 is 0 Å². The van der Waals surface area contributed by atoms with Crippen LogP contribution in [0.2, 0.25) is 0 Å². The lowest BCUT2D eigenvalue weighted by molar-refractivity contribution is -0.161. The maximum atomic E-state index is 12.4. The Hall–Kier alpha value is -0.950. The first-order chi connectivity index (χ1) is 24.0. The molecule has 0 aromatic heterocycles. The molecule has 0 radical (unpaired) electrons. The number of carbonyl (C=O) groups excluding carboxylic acids is 2. The van der Waals surface area contributed by atoms with Gasteiger partial charge in [-0.05, 0) is 24.7 Å². The molecule has 0 spiro atoms. The SMILES string of the molecule is CC(C)CCCCCCCCCCCCCCCCC(=O)OC[C@H](COP(=O)(O)O)OC(=O)CCCCCCCCCCCCCCC(C)C.